The Kier molecular flexibility index (Phi) is 3.37. The highest BCUT2D eigenvalue weighted by atomic mass is 16.5. The van der Waals surface area contributed by atoms with Gasteiger partial charge >= 0.3 is 0 Å². The predicted molar refractivity (Wildman–Crippen MR) is 51.0 cm³/mol. The molecule has 0 aliphatic heterocycles. The second-order valence-corrected chi connectivity index (χ2v) is 2.62. The number of rotatable bonds is 4. The zero-order valence-electron chi connectivity index (χ0n) is 7.91. The molecule has 0 aliphatic carbocycles. The lowest BCUT2D eigenvalue weighted by Gasteiger charge is -2.08. The van der Waals surface area contributed by atoms with Gasteiger partial charge in [0.2, 0.25) is 0 Å². The van der Waals surface area contributed by atoms with Gasteiger partial charge in [0.15, 0.2) is 5.75 Å². The molecule has 0 spiro atoms. The molecule has 1 heterocycles. The van der Waals surface area contributed by atoms with Crippen LogP contribution in [-0.2, 0) is 0 Å². The highest BCUT2D eigenvalue weighted by molar-refractivity contribution is 5.46. The summed E-state index contributed by atoms with van der Waals surface area (Å²) in [7, 11) is 1.55. The molecule has 0 amide bonds. The quantitative estimate of drug-likeness (QED) is 0.765. The van der Waals surface area contributed by atoms with Crippen LogP contribution in [0.3, 0.4) is 0 Å². The minimum atomic E-state index is 0.475. The van der Waals surface area contributed by atoms with Crippen molar-refractivity contribution < 1.29 is 9.47 Å². The fraction of sp³-hybridized carbons (Fsp3) is 0.444. The molecule has 4 nitrogen and oxygen atoms in total. The summed E-state index contributed by atoms with van der Waals surface area (Å²) in [5.74, 6) is 1.08. The fourth-order valence-corrected chi connectivity index (χ4v) is 0.916. The number of nitrogens with zero attached hydrogens (tertiary/aromatic N) is 1. The Morgan fingerprint density at radius 3 is 2.92 bits per heavy atom. The first kappa shape index (κ1) is 9.64. The number of nitrogens with two attached hydrogens (primary N) is 1. The normalized spacial score (nSPS) is 9.69. The largest absolute Gasteiger partial charge is 0.488 e. The van der Waals surface area contributed by atoms with Crippen molar-refractivity contribution >= 4 is 5.69 Å². The molecule has 0 aliphatic rings. The third kappa shape index (κ3) is 2.50. The van der Waals surface area contributed by atoms with Crippen LogP contribution in [0.5, 0.6) is 11.6 Å². The van der Waals surface area contributed by atoms with Gasteiger partial charge in [-0.3, -0.25) is 0 Å². The van der Waals surface area contributed by atoms with Crippen molar-refractivity contribution in [2.24, 2.45) is 0 Å². The second-order valence-electron chi connectivity index (χ2n) is 2.62. The smallest absolute Gasteiger partial charge is 0.256 e. The zero-order valence-corrected chi connectivity index (χ0v) is 7.91. The van der Waals surface area contributed by atoms with E-state index in [9.17, 15) is 0 Å². The number of ether oxygens (including phenoxy) is 2. The first-order valence-electron chi connectivity index (χ1n) is 4.20. The molecule has 0 radical (unpaired) electrons. The maximum absolute atomic E-state index is 5.56. The molecule has 0 saturated carbocycles. The Bertz CT molecular complexity index is 276. The van der Waals surface area contributed by atoms with Crippen LogP contribution in [0.15, 0.2) is 12.3 Å². The van der Waals surface area contributed by atoms with Crippen LogP contribution in [0, 0.1) is 0 Å². The number of nitrogen functional groups attached to an aromatic ring is 1. The second kappa shape index (κ2) is 4.54. The van der Waals surface area contributed by atoms with Crippen LogP contribution in [0.1, 0.15) is 13.3 Å². The van der Waals surface area contributed by atoms with E-state index in [1.54, 1.807) is 13.2 Å². The van der Waals surface area contributed by atoms with Gasteiger partial charge in [0.25, 0.3) is 5.88 Å². The first-order chi connectivity index (χ1) is 6.27. The summed E-state index contributed by atoms with van der Waals surface area (Å²) in [5, 5.41) is 0. The maximum atomic E-state index is 5.56. The van der Waals surface area contributed by atoms with Gasteiger partial charge in [0, 0.05) is 6.07 Å². The number of hydrogen-bond donors (Lipinski definition) is 1. The standard InChI is InChI=1S/C9H14N2O2/c1-3-4-13-8-5-7(10)6-11-9(8)12-2/h5-6H,3-4,10H2,1-2H3. The summed E-state index contributed by atoms with van der Waals surface area (Å²) in [6.07, 6.45) is 2.48. The van der Waals surface area contributed by atoms with E-state index in [4.69, 9.17) is 15.2 Å². The molecule has 2 N–H and O–H groups in total. The molecule has 0 bridgehead atoms. The van der Waals surface area contributed by atoms with Crippen molar-refractivity contribution in [3.63, 3.8) is 0 Å². The summed E-state index contributed by atoms with van der Waals surface area (Å²) in [5.41, 5.74) is 6.13. The molecule has 13 heavy (non-hydrogen) atoms. The number of aromatic nitrogens is 1. The van der Waals surface area contributed by atoms with E-state index in [1.165, 1.54) is 6.20 Å². The molecule has 1 rings (SSSR count). The maximum Gasteiger partial charge on any atom is 0.256 e. The van der Waals surface area contributed by atoms with Crippen molar-refractivity contribution in [3.8, 4) is 11.6 Å². The van der Waals surface area contributed by atoms with E-state index in [1.807, 2.05) is 6.92 Å². The molecule has 1 aromatic rings. The third-order valence-corrected chi connectivity index (χ3v) is 1.49. The number of hydrogen-bond acceptors (Lipinski definition) is 4. The minimum Gasteiger partial charge on any atom is -0.488 e. The SMILES string of the molecule is CCCOc1cc(N)cnc1OC. The molecular weight excluding hydrogens is 168 g/mol. The molecule has 0 aromatic carbocycles. The molecule has 0 saturated heterocycles. The lowest BCUT2D eigenvalue weighted by Crippen LogP contribution is -2.00. The molecule has 72 valence electrons. The monoisotopic (exact) mass is 182 g/mol. The lowest BCUT2D eigenvalue weighted by molar-refractivity contribution is 0.289. The Labute approximate surface area is 77.7 Å². The van der Waals surface area contributed by atoms with Crippen molar-refractivity contribution in [1.82, 2.24) is 4.98 Å². The summed E-state index contributed by atoms with van der Waals surface area (Å²) >= 11 is 0. The van der Waals surface area contributed by atoms with Crippen LogP contribution >= 0.6 is 0 Å². The summed E-state index contributed by atoms with van der Waals surface area (Å²) in [6, 6.07) is 1.71. The van der Waals surface area contributed by atoms with Gasteiger partial charge < -0.3 is 15.2 Å². The molecule has 4 heteroatoms. The van der Waals surface area contributed by atoms with Gasteiger partial charge in [0.1, 0.15) is 0 Å². The van der Waals surface area contributed by atoms with Gasteiger partial charge in [-0.2, -0.15) is 0 Å². The van der Waals surface area contributed by atoms with Crippen LogP contribution in [0.2, 0.25) is 0 Å². The summed E-state index contributed by atoms with van der Waals surface area (Å²) in [4.78, 5) is 3.98. The average molecular weight is 182 g/mol. The predicted octanol–water partition coefficient (Wildman–Crippen LogP) is 1.46. The number of anilines is 1. The van der Waals surface area contributed by atoms with Crippen LogP contribution in [0.4, 0.5) is 5.69 Å². The summed E-state index contributed by atoms with van der Waals surface area (Å²) < 4.78 is 10.4. The molecule has 1 aromatic heterocycles. The number of pyridine rings is 1. The van der Waals surface area contributed by atoms with E-state index >= 15 is 0 Å². The van der Waals surface area contributed by atoms with Crippen molar-refractivity contribution in [3.05, 3.63) is 12.3 Å². The minimum absolute atomic E-state index is 0.475. The Morgan fingerprint density at radius 2 is 2.31 bits per heavy atom. The van der Waals surface area contributed by atoms with Gasteiger partial charge in [-0.25, -0.2) is 4.98 Å². The topological polar surface area (TPSA) is 57.4 Å². The fourth-order valence-electron chi connectivity index (χ4n) is 0.916. The van der Waals surface area contributed by atoms with E-state index in [2.05, 4.69) is 4.98 Å². The van der Waals surface area contributed by atoms with Crippen molar-refractivity contribution in [2.75, 3.05) is 19.5 Å². The van der Waals surface area contributed by atoms with E-state index in [0.29, 0.717) is 23.9 Å². The van der Waals surface area contributed by atoms with Gasteiger partial charge in [-0.1, -0.05) is 6.92 Å². The molecule has 0 fully saturated rings. The van der Waals surface area contributed by atoms with Crippen molar-refractivity contribution in [1.29, 1.82) is 0 Å². The van der Waals surface area contributed by atoms with E-state index in [0.717, 1.165) is 6.42 Å². The average Bonchev–Trinajstić information content (AvgIpc) is 2.15. The third-order valence-electron chi connectivity index (χ3n) is 1.49. The van der Waals surface area contributed by atoms with Crippen LogP contribution in [0.25, 0.3) is 0 Å². The van der Waals surface area contributed by atoms with Gasteiger partial charge in [-0.15, -0.1) is 0 Å². The Hall–Kier alpha value is -1.45. The number of methoxy groups -OCH3 is 1. The highest BCUT2D eigenvalue weighted by Gasteiger charge is 2.05. The Morgan fingerprint density at radius 1 is 1.54 bits per heavy atom. The summed E-state index contributed by atoms with van der Waals surface area (Å²) in [6.45, 7) is 2.67. The van der Waals surface area contributed by atoms with E-state index in [-0.39, 0.29) is 0 Å². The van der Waals surface area contributed by atoms with E-state index < -0.39 is 0 Å². The lowest BCUT2D eigenvalue weighted by atomic mass is 10.4. The first-order valence-corrected chi connectivity index (χ1v) is 4.20. The zero-order chi connectivity index (χ0) is 9.68. The Balaban J connectivity index is 2.81. The van der Waals surface area contributed by atoms with Crippen LogP contribution < -0.4 is 15.2 Å². The molecular formula is C9H14N2O2. The molecule has 0 atom stereocenters. The van der Waals surface area contributed by atoms with Gasteiger partial charge in [-0.05, 0) is 6.42 Å². The van der Waals surface area contributed by atoms with Gasteiger partial charge in [0.05, 0.1) is 25.6 Å². The van der Waals surface area contributed by atoms with Crippen LogP contribution in [-0.4, -0.2) is 18.7 Å². The highest BCUT2D eigenvalue weighted by Crippen LogP contribution is 2.25. The van der Waals surface area contributed by atoms with Crippen molar-refractivity contribution in [2.45, 2.75) is 13.3 Å². The molecule has 0 unspecified atom stereocenters.